The highest BCUT2D eigenvalue weighted by Gasteiger charge is 2.49. The average Bonchev–Trinajstić information content (AvgIpc) is 3.05. The van der Waals surface area contributed by atoms with Crippen LogP contribution in [0.5, 0.6) is 0 Å². The second-order valence-corrected chi connectivity index (χ2v) is 9.62. The van der Waals surface area contributed by atoms with E-state index in [2.05, 4.69) is 10.3 Å². The molecule has 1 fully saturated rings. The van der Waals surface area contributed by atoms with Gasteiger partial charge in [-0.05, 0) is 26.7 Å². The Balaban J connectivity index is 2.35. The Bertz CT molecular complexity index is 937. The zero-order chi connectivity index (χ0) is 24.1. The van der Waals surface area contributed by atoms with Crippen molar-refractivity contribution in [3.8, 4) is 0 Å². The van der Waals surface area contributed by atoms with Gasteiger partial charge in [-0.25, -0.2) is 4.79 Å². The number of aryl methyl sites for hydroxylation is 1. The summed E-state index contributed by atoms with van der Waals surface area (Å²) in [5.41, 5.74) is -1.05. The zero-order valence-corrected chi connectivity index (χ0v) is 19.8. The molecule has 0 unspecified atom stereocenters. The molecule has 12 nitrogen and oxygen atoms in total. The van der Waals surface area contributed by atoms with Crippen LogP contribution in [-0.2, 0) is 27.9 Å². The van der Waals surface area contributed by atoms with E-state index in [0.717, 1.165) is 4.57 Å². The Labute approximate surface area is 185 Å². The number of carbonyl (C=O) groups is 1. The lowest BCUT2D eigenvalue weighted by Crippen LogP contribution is -2.42. The average molecular weight is 477 g/mol. The van der Waals surface area contributed by atoms with Crippen molar-refractivity contribution in [1.82, 2.24) is 14.9 Å². The molecule has 2 rings (SSSR count). The molecular weight excluding hydrogens is 445 g/mol. The Morgan fingerprint density at radius 2 is 1.97 bits per heavy atom. The molecule has 1 aromatic heterocycles. The van der Waals surface area contributed by atoms with E-state index in [1.54, 1.807) is 20.8 Å². The summed E-state index contributed by atoms with van der Waals surface area (Å²) in [6.45, 7) is 6.60. The third-order valence-electron chi connectivity index (χ3n) is 5.08. The number of aromatic amines is 1. The molecule has 1 amide bonds. The molecule has 0 aliphatic carbocycles. The summed E-state index contributed by atoms with van der Waals surface area (Å²) < 4.78 is 36.3. The summed E-state index contributed by atoms with van der Waals surface area (Å²) >= 11 is 0. The van der Waals surface area contributed by atoms with Crippen molar-refractivity contribution in [3.05, 3.63) is 32.6 Å². The lowest BCUT2D eigenvalue weighted by Gasteiger charge is -2.26. The van der Waals surface area contributed by atoms with E-state index in [9.17, 15) is 24.1 Å². The Morgan fingerprint density at radius 3 is 2.53 bits per heavy atom. The molecule has 1 aliphatic heterocycles. The number of nitrogens with one attached hydrogen (secondary N) is 2. The van der Waals surface area contributed by atoms with Gasteiger partial charge in [-0.2, -0.15) is 0 Å². The number of aromatic nitrogens is 2. The van der Waals surface area contributed by atoms with Crippen LogP contribution in [0.4, 0.5) is 0 Å². The number of aliphatic hydroxyl groups excluding tert-OH is 1. The number of likely N-dealkylation sites (N-methyl/N-ethyl adjacent to an activating group) is 1. The molecular formula is C19H32N3O9P. The van der Waals surface area contributed by atoms with Crippen molar-refractivity contribution in [1.29, 1.82) is 0 Å². The van der Waals surface area contributed by atoms with E-state index in [4.69, 9.17) is 18.5 Å². The van der Waals surface area contributed by atoms with Gasteiger partial charge in [0.15, 0.2) is 6.23 Å². The van der Waals surface area contributed by atoms with Crippen LogP contribution in [-0.4, -0.2) is 71.9 Å². The van der Waals surface area contributed by atoms with E-state index >= 15 is 0 Å². The van der Waals surface area contributed by atoms with Crippen LogP contribution in [0.3, 0.4) is 0 Å². The van der Waals surface area contributed by atoms with Gasteiger partial charge in [-0.1, -0.05) is 6.92 Å². The zero-order valence-electron chi connectivity index (χ0n) is 18.9. The molecule has 1 aromatic rings. The number of carbonyl (C=O) groups excluding carboxylic acids is 1. The number of hydrogen-bond acceptors (Lipinski definition) is 9. The maximum atomic E-state index is 12.9. The first-order chi connectivity index (χ1) is 15.1. The van der Waals surface area contributed by atoms with Crippen molar-refractivity contribution < 1.29 is 33.0 Å². The molecule has 1 saturated heterocycles. The SMILES string of the molecule is CCOP(=O)(C[C@@H](C)[C@H]1O[C@@H](n2cc(C)c(=O)[nH]c2=O)[C@H](OCC(=O)NC)[C@@H]1O)OCC. The van der Waals surface area contributed by atoms with Crippen LogP contribution in [0.2, 0.25) is 0 Å². The van der Waals surface area contributed by atoms with Gasteiger partial charge in [-0.15, -0.1) is 0 Å². The molecule has 0 aromatic carbocycles. The third-order valence-corrected chi connectivity index (χ3v) is 7.41. The third kappa shape index (κ3) is 6.15. The largest absolute Gasteiger partial charge is 0.387 e. The van der Waals surface area contributed by atoms with Gasteiger partial charge in [0, 0.05) is 18.8 Å². The van der Waals surface area contributed by atoms with Crippen molar-refractivity contribution >= 4 is 13.5 Å². The first kappa shape index (κ1) is 26.4. The first-order valence-electron chi connectivity index (χ1n) is 10.4. The summed E-state index contributed by atoms with van der Waals surface area (Å²) in [7, 11) is -2.00. The fourth-order valence-electron chi connectivity index (χ4n) is 3.56. The topological polar surface area (TPSA) is 158 Å². The van der Waals surface area contributed by atoms with Crippen LogP contribution in [0, 0.1) is 12.8 Å². The van der Waals surface area contributed by atoms with E-state index in [1.807, 2.05) is 0 Å². The van der Waals surface area contributed by atoms with Crippen LogP contribution in [0.15, 0.2) is 15.8 Å². The Hall–Kier alpha value is -1.82. The van der Waals surface area contributed by atoms with E-state index in [-0.39, 0.29) is 31.5 Å². The highest BCUT2D eigenvalue weighted by atomic mass is 31.2. The van der Waals surface area contributed by atoms with Gasteiger partial charge < -0.3 is 28.9 Å². The lowest BCUT2D eigenvalue weighted by atomic mass is 10.00. The lowest BCUT2D eigenvalue weighted by molar-refractivity contribution is -0.132. The number of amides is 1. The monoisotopic (exact) mass is 477 g/mol. The number of rotatable bonds is 11. The minimum Gasteiger partial charge on any atom is -0.387 e. The number of hydrogen-bond donors (Lipinski definition) is 3. The molecule has 182 valence electrons. The van der Waals surface area contributed by atoms with Crippen LogP contribution < -0.4 is 16.6 Å². The second kappa shape index (κ2) is 11.4. The Kier molecular flexibility index (Phi) is 9.38. The van der Waals surface area contributed by atoms with Crippen molar-refractivity contribution in [2.75, 3.05) is 33.0 Å². The van der Waals surface area contributed by atoms with Gasteiger partial charge >= 0.3 is 13.3 Å². The molecule has 13 heteroatoms. The molecule has 2 heterocycles. The summed E-state index contributed by atoms with van der Waals surface area (Å²) in [6, 6.07) is 0. The van der Waals surface area contributed by atoms with E-state index < -0.39 is 55.2 Å². The predicted octanol–water partition coefficient (Wildman–Crippen LogP) is 0.137. The maximum Gasteiger partial charge on any atom is 0.331 e. The van der Waals surface area contributed by atoms with Crippen molar-refractivity contribution in [3.63, 3.8) is 0 Å². The second-order valence-electron chi connectivity index (χ2n) is 7.52. The van der Waals surface area contributed by atoms with E-state index in [0.29, 0.717) is 0 Å². The van der Waals surface area contributed by atoms with Crippen LogP contribution >= 0.6 is 7.60 Å². The van der Waals surface area contributed by atoms with E-state index in [1.165, 1.54) is 20.2 Å². The van der Waals surface area contributed by atoms with Gasteiger partial charge in [0.25, 0.3) is 5.56 Å². The van der Waals surface area contributed by atoms with Crippen molar-refractivity contribution in [2.24, 2.45) is 5.92 Å². The number of nitrogens with zero attached hydrogens (tertiary/aromatic N) is 1. The number of ether oxygens (including phenoxy) is 2. The smallest absolute Gasteiger partial charge is 0.331 e. The molecule has 0 spiro atoms. The molecule has 0 bridgehead atoms. The van der Waals surface area contributed by atoms with Gasteiger partial charge in [0.2, 0.25) is 5.91 Å². The summed E-state index contributed by atoms with van der Waals surface area (Å²) in [6.07, 6.45) is -3.17. The van der Waals surface area contributed by atoms with Crippen molar-refractivity contribution in [2.45, 2.75) is 52.2 Å². The fourth-order valence-corrected chi connectivity index (χ4v) is 5.55. The molecule has 1 aliphatic rings. The molecule has 5 atom stereocenters. The highest BCUT2D eigenvalue weighted by Crippen LogP contribution is 2.51. The fraction of sp³-hybridized carbons (Fsp3) is 0.737. The molecule has 3 N–H and O–H groups in total. The normalized spacial score (nSPS) is 24.4. The minimum atomic E-state index is -3.44. The van der Waals surface area contributed by atoms with Gasteiger partial charge in [-0.3, -0.25) is 23.7 Å². The highest BCUT2D eigenvalue weighted by molar-refractivity contribution is 7.53. The first-order valence-corrected chi connectivity index (χ1v) is 12.2. The van der Waals surface area contributed by atoms with Crippen LogP contribution in [0.1, 0.15) is 32.6 Å². The molecule has 0 saturated carbocycles. The molecule has 0 radical (unpaired) electrons. The Morgan fingerprint density at radius 1 is 1.34 bits per heavy atom. The standard InChI is InChI=1S/C19H32N3O9P/c1-6-29-32(27,30-7-2)10-12(4)15-14(24)16(28-9-13(23)20-5)18(31-15)22-8-11(3)17(25)21-19(22)26/h8,12,14-16,18,24H,6-7,9-10H2,1-5H3,(H,20,23)(H,21,25,26)/t12-,14-,15-,16-,18-/m1/s1. The van der Waals surface area contributed by atoms with Crippen LogP contribution in [0.25, 0.3) is 0 Å². The summed E-state index contributed by atoms with van der Waals surface area (Å²) in [5, 5.41) is 13.4. The summed E-state index contributed by atoms with van der Waals surface area (Å²) in [5.74, 6) is -0.959. The predicted molar refractivity (Wildman–Crippen MR) is 115 cm³/mol. The number of aliphatic hydroxyl groups is 1. The van der Waals surface area contributed by atoms with Gasteiger partial charge in [0.1, 0.15) is 18.8 Å². The minimum absolute atomic E-state index is 0.0369. The number of H-pyrrole nitrogens is 1. The maximum absolute atomic E-state index is 12.9. The quantitative estimate of drug-likeness (QED) is 0.377. The van der Waals surface area contributed by atoms with Gasteiger partial charge in [0.05, 0.1) is 25.5 Å². The summed E-state index contributed by atoms with van der Waals surface area (Å²) in [4.78, 5) is 38.1. The molecule has 32 heavy (non-hydrogen) atoms.